The van der Waals surface area contributed by atoms with Crippen LogP contribution in [0.2, 0.25) is 0 Å². The lowest BCUT2D eigenvalue weighted by atomic mass is 10.1. The number of hydrogen-bond acceptors (Lipinski definition) is 1. The molecule has 0 aromatic heterocycles. The summed E-state index contributed by atoms with van der Waals surface area (Å²) in [5.74, 6) is 0.153. The van der Waals surface area contributed by atoms with Crippen LogP contribution in [0.25, 0.3) is 0 Å². The Balaban J connectivity index is 2.48. The topological polar surface area (TPSA) is 17.1 Å². The molecule has 1 aromatic rings. The van der Waals surface area contributed by atoms with Crippen molar-refractivity contribution in [3.63, 3.8) is 0 Å². The van der Waals surface area contributed by atoms with Crippen LogP contribution in [0.5, 0.6) is 0 Å². The lowest BCUT2D eigenvalue weighted by Gasteiger charge is -1.99. The zero-order valence-electron chi connectivity index (χ0n) is 8.87. The summed E-state index contributed by atoms with van der Waals surface area (Å²) in [4.78, 5) is 11.1. The number of benzene rings is 1. The molecule has 0 heterocycles. The van der Waals surface area contributed by atoms with Crippen molar-refractivity contribution < 1.29 is 4.79 Å². The number of hydrogen-bond donors (Lipinski definition) is 0. The first kappa shape index (κ1) is 12.2. The summed E-state index contributed by atoms with van der Waals surface area (Å²) in [5, 5.41) is 0.650. The number of rotatable bonds is 5. The molecule has 15 heavy (non-hydrogen) atoms. The number of carbonyl (C=O) groups is 1. The van der Waals surface area contributed by atoms with Crippen LogP contribution in [0.15, 0.2) is 42.0 Å². The smallest absolute Gasteiger partial charge is 0.156 e. The highest BCUT2D eigenvalue weighted by atomic mass is 79.9. The van der Waals surface area contributed by atoms with Crippen molar-refractivity contribution in [1.29, 1.82) is 0 Å². The molecule has 0 N–H and O–H groups in total. The van der Waals surface area contributed by atoms with Gasteiger partial charge in [0, 0.05) is 10.9 Å². The SMILES string of the molecule is CC(=O)/C(=C/CCc1ccccc1)CBr. The average Bonchev–Trinajstić information content (AvgIpc) is 2.25. The Morgan fingerprint density at radius 2 is 2.00 bits per heavy atom. The lowest BCUT2D eigenvalue weighted by molar-refractivity contribution is -0.113. The third kappa shape index (κ3) is 4.43. The van der Waals surface area contributed by atoms with Crippen LogP contribution in [-0.4, -0.2) is 11.1 Å². The van der Waals surface area contributed by atoms with Crippen molar-refractivity contribution >= 4 is 21.7 Å². The monoisotopic (exact) mass is 266 g/mol. The maximum atomic E-state index is 11.1. The molecule has 0 radical (unpaired) electrons. The van der Waals surface area contributed by atoms with E-state index in [2.05, 4.69) is 28.1 Å². The van der Waals surface area contributed by atoms with Gasteiger partial charge in [0.1, 0.15) is 0 Å². The second-order valence-electron chi connectivity index (χ2n) is 3.44. The van der Waals surface area contributed by atoms with Crippen LogP contribution in [-0.2, 0) is 11.2 Å². The van der Waals surface area contributed by atoms with Gasteiger partial charge in [-0.25, -0.2) is 0 Å². The standard InChI is InChI=1S/C13H15BrO/c1-11(15)13(10-14)9-5-8-12-6-3-2-4-7-12/h2-4,6-7,9H,5,8,10H2,1H3/b13-9+. The average molecular weight is 267 g/mol. The molecule has 0 aliphatic heterocycles. The predicted octanol–water partition coefficient (Wildman–Crippen LogP) is 3.53. The molecule has 0 saturated heterocycles. The van der Waals surface area contributed by atoms with Gasteiger partial charge in [0.25, 0.3) is 0 Å². The molecule has 1 nitrogen and oxygen atoms in total. The fourth-order valence-electron chi connectivity index (χ4n) is 1.35. The van der Waals surface area contributed by atoms with Crippen LogP contribution in [0.4, 0.5) is 0 Å². The summed E-state index contributed by atoms with van der Waals surface area (Å²) in [6.07, 6.45) is 3.93. The fraction of sp³-hybridized carbons (Fsp3) is 0.308. The van der Waals surface area contributed by atoms with Crippen molar-refractivity contribution in [3.05, 3.63) is 47.5 Å². The lowest BCUT2D eigenvalue weighted by Crippen LogP contribution is -1.97. The highest BCUT2D eigenvalue weighted by molar-refractivity contribution is 9.09. The van der Waals surface area contributed by atoms with Crippen LogP contribution in [0, 0.1) is 0 Å². The van der Waals surface area contributed by atoms with Gasteiger partial charge in [-0.3, -0.25) is 4.79 Å². The first-order chi connectivity index (χ1) is 7.24. The van der Waals surface area contributed by atoms with Crippen LogP contribution in [0.3, 0.4) is 0 Å². The van der Waals surface area contributed by atoms with Crippen molar-refractivity contribution in [2.75, 3.05) is 5.33 Å². The van der Waals surface area contributed by atoms with E-state index in [1.807, 2.05) is 24.3 Å². The molecular formula is C13H15BrO. The number of allylic oxidation sites excluding steroid dienone is 2. The number of alkyl halides is 1. The molecule has 0 saturated carbocycles. The van der Waals surface area contributed by atoms with Gasteiger partial charge in [-0.05, 0) is 25.3 Å². The van der Waals surface area contributed by atoms with Gasteiger partial charge >= 0.3 is 0 Å². The maximum absolute atomic E-state index is 11.1. The summed E-state index contributed by atoms with van der Waals surface area (Å²) >= 11 is 3.31. The van der Waals surface area contributed by atoms with Gasteiger partial charge in [0.15, 0.2) is 5.78 Å². The van der Waals surface area contributed by atoms with E-state index in [1.165, 1.54) is 5.56 Å². The zero-order chi connectivity index (χ0) is 11.1. The molecule has 1 rings (SSSR count). The summed E-state index contributed by atoms with van der Waals surface area (Å²) < 4.78 is 0. The predicted molar refractivity (Wildman–Crippen MR) is 67.3 cm³/mol. The normalized spacial score (nSPS) is 11.5. The van der Waals surface area contributed by atoms with Crippen molar-refractivity contribution in [2.24, 2.45) is 0 Å². The second kappa shape index (κ2) is 6.57. The van der Waals surface area contributed by atoms with Gasteiger partial charge in [-0.15, -0.1) is 0 Å². The van der Waals surface area contributed by atoms with E-state index in [-0.39, 0.29) is 5.78 Å². The minimum atomic E-state index is 0.153. The number of Topliss-reactive ketones (excluding diaryl/α,β-unsaturated/α-hetero) is 1. The molecule has 0 fully saturated rings. The Labute approximate surface area is 99.3 Å². The Morgan fingerprint density at radius 3 is 2.53 bits per heavy atom. The Morgan fingerprint density at radius 1 is 1.33 bits per heavy atom. The molecule has 0 atom stereocenters. The first-order valence-electron chi connectivity index (χ1n) is 5.04. The van der Waals surface area contributed by atoms with Gasteiger partial charge in [0.2, 0.25) is 0 Å². The Hall–Kier alpha value is -0.890. The van der Waals surface area contributed by atoms with Crippen LogP contribution in [0.1, 0.15) is 18.9 Å². The zero-order valence-corrected chi connectivity index (χ0v) is 10.5. The molecule has 0 amide bonds. The largest absolute Gasteiger partial charge is 0.295 e. The van der Waals surface area contributed by atoms with E-state index < -0.39 is 0 Å². The third-order valence-corrected chi connectivity index (χ3v) is 2.87. The molecule has 0 bridgehead atoms. The van der Waals surface area contributed by atoms with Crippen molar-refractivity contribution in [1.82, 2.24) is 0 Å². The van der Waals surface area contributed by atoms with Gasteiger partial charge in [0.05, 0.1) is 0 Å². The number of carbonyl (C=O) groups excluding carboxylic acids is 1. The number of ketones is 1. The van der Waals surface area contributed by atoms with Crippen LogP contribution >= 0.6 is 15.9 Å². The van der Waals surface area contributed by atoms with E-state index in [9.17, 15) is 4.79 Å². The van der Waals surface area contributed by atoms with Crippen molar-refractivity contribution in [3.8, 4) is 0 Å². The van der Waals surface area contributed by atoms with E-state index in [0.29, 0.717) is 5.33 Å². The van der Waals surface area contributed by atoms with E-state index in [4.69, 9.17) is 0 Å². The minimum Gasteiger partial charge on any atom is -0.295 e. The van der Waals surface area contributed by atoms with E-state index >= 15 is 0 Å². The highest BCUT2D eigenvalue weighted by Gasteiger charge is 2.00. The minimum absolute atomic E-state index is 0.153. The molecule has 2 heteroatoms. The first-order valence-corrected chi connectivity index (χ1v) is 6.16. The van der Waals surface area contributed by atoms with Crippen LogP contribution < -0.4 is 0 Å². The molecule has 0 spiro atoms. The summed E-state index contributed by atoms with van der Waals surface area (Å²) in [5.41, 5.74) is 2.18. The summed E-state index contributed by atoms with van der Waals surface area (Å²) in [6, 6.07) is 10.3. The van der Waals surface area contributed by atoms with Gasteiger partial charge in [-0.2, -0.15) is 0 Å². The number of aryl methyl sites for hydroxylation is 1. The molecule has 0 unspecified atom stereocenters. The molecular weight excluding hydrogens is 252 g/mol. The summed E-state index contributed by atoms with van der Waals surface area (Å²) in [7, 11) is 0. The fourth-order valence-corrected chi connectivity index (χ4v) is 1.97. The Kier molecular flexibility index (Phi) is 5.33. The Bertz CT molecular complexity index is 341. The van der Waals surface area contributed by atoms with Crippen molar-refractivity contribution in [2.45, 2.75) is 19.8 Å². The third-order valence-electron chi connectivity index (χ3n) is 2.26. The summed E-state index contributed by atoms with van der Waals surface area (Å²) in [6.45, 7) is 1.61. The molecule has 0 aliphatic rings. The van der Waals surface area contributed by atoms with Gasteiger partial charge in [-0.1, -0.05) is 52.3 Å². The molecule has 1 aromatic carbocycles. The quantitative estimate of drug-likeness (QED) is 0.589. The molecule has 80 valence electrons. The van der Waals surface area contributed by atoms with E-state index in [0.717, 1.165) is 18.4 Å². The van der Waals surface area contributed by atoms with Gasteiger partial charge < -0.3 is 0 Å². The highest BCUT2D eigenvalue weighted by Crippen LogP contribution is 2.07. The second-order valence-corrected chi connectivity index (χ2v) is 4.00. The maximum Gasteiger partial charge on any atom is 0.156 e. The molecule has 0 aliphatic carbocycles. The van der Waals surface area contributed by atoms with E-state index in [1.54, 1.807) is 6.92 Å². The number of halogens is 1.